The fourth-order valence-corrected chi connectivity index (χ4v) is 3.13. The quantitative estimate of drug-likeness (QED) is 0.856. The number of aryl methyl sites for hydroxylation is 1. The number of methoxy groups -OCH3 is 1. The summed E-state index contributed by atoms with van der Waals surface area (Å²) in [5.41, 5.74) is 1.34. The lowest BCUT2D eigenvalue weighted by atomic mass is 9.93. The monoisotopic (exact) mass is 349 g/mol. The first-order chi connectivity index (χ1) is 11.6. The number of carbonyl (C=O) groups is 1. The third kappa shape index (κ3) is 3.73. The highest BCUT2D eigenvalue weighted by atomic mass is 35.5. The van der Waals surface area contributed by atoms with Gasteiger partial charge in [-0.05, 0) is 25.7 Å². The SMILES string of the molecule is CO[C@H]1CC[C@H](NC(=O)c2nc(Cl)cc(-c3cncn3C)n2)CC1. The van der Waals surface area contributed by atoms with Gasteiger partial charge in [0.2, 0.25) is 5.82 Å². The molecule has 2 aromatic rings. The van der Waals surface area contributed by atoms with Gasteiger partial charge in [-0.25, -0.2) is 15.0 Å². The number of hydrogen-bond donors (Lipinski definition) is 1. The molecule has 2 aromatic heterocycles. The van der Waals surface area contributed by atoms with Crippen LogP contribution < -0.4 is 5.32 Å². The molecule has 8 heteroatoms. The largest absolute Gasteiger partial charge is 0.381 e. The Morgan fingerprint density at radius 2 is 2.08 bits per heavy atom. The number of carbonyl (C=O) groups excluding carboxylic acids is 1. The van der Waals surface area contributed by atoms with Crippen LogP contribution in [0.3, 0.4) is 0 Å². The van der Waals surface area contributed by atoms with Gasteiger partial charge in [0, 0.05) is 26.3 Å². The van der Waals surface area contributed by atoms with E-state index in [1.54, 1.807) is 25.7 Å². The summed E-state index contributed by atoms with van der Waals surface area (Å²) in [6.45, 7) is 0. The topological polar surface area (TPSA) is 81.9 Å². The van der Waals surface area contributed by atoms with Gasteiger partial charge in [-0.3, -0.25) is 4.79 Å². The van der Waals surface area contributed by atoms with Crippen molar-refractivity contribution in [1.29, 1.82) is 0 Å². The minimum absolute atomic E-state index is 0.0764. The molecule has 0 radical (unpaired) electrons. The molecule has 1 saturated carbocycles. The molecule has 1 aliphatic rings. The average Bonchev–Trinajstić information content (AvgIpc) is 3.01. The molecule has 3 rings (SSSR count). The number of nitrogens with one attached hydrogen (secondary N) is 1. The molecule has 1 amide bonds. The number of aromatic nitrogens is 4. The standard InChI is InChI=1S/C16H20ClN5O2/c1-22-9-18-8-13(22)12-7-14(17)21-15(20-12)16(23)19-10-3-5-11(24-2)6-4-10/h7-11H,3-6H2,1-2H3,(H,19,23)/t10-,11-. The van der Waals surface area contributed by atoms with Crippen molar-refractivity contribution in [3.8, 4) is 11.4 Å². The molecule has 1 N–H and O–H groups in total. The summed E-state index contributed by atoms with van der Waals surface area (Å²) in [6, 6.07) is 1.74. The third-order valence-corrected chi connectivity index (χ3v) is 4.51. The van der Waals surface area contributed by atoms with Crippen LogP contribution >= 0.6 is 11.6 Å². The molecule has 1 aliphatic carbocycles. The Balaban J connectivity index is 1.73. The molecule has 2 heterocycles. The van der Waals surface area contributed by atoms with E-state index in [2.05, 4.69) is 20.3 Å². The lowest BCUT2D eigenvalue weighted by Crippen LogP contribution is -2.39. The van der Waals surface area contributed by atoms with E-state index in [0.717, 1.165) is 31.4 Å². The number of nitrogens with zero attached hydrogens (tertiary/aromatic N) is 4. The van der Waals surface area contributed by atoms with Crippen molar-refractivity contribution in [3.05, 3.63) is 29.6 Å². The molecule has 0 unspecified atom stereocenters. The van der Waals surface area contributed by atoms with E-state index in [4.69, 9.17) is 16.3 Å². The van der Waals surface area contributed by atoms with E-state index in [0.29, 0.717) is 5.69 Å². The van der Waals surface area contributed by atoms with Crippen molar-refractivity contribution in [2.45, 2.75) is 37.8 Å². The molecule has 0 saturated heterocycles. The van der Waals surface area contributed by atoms with Crippen LogP contribution in [-0.2, 0) is 11.8 Å². The molecule has 128 valence electrons. The number of ether oxygens (including phenoxy) is 1. The van der Waals surface area contributed by atoms with Crippen LogP contribution in [0.2, 0.25) is 5.15 Å². The zero-order valence-corrected chi connectivity index (χ0v) is 14.5. The number of imidazole rings is 1. The van der Waals surface area contributed by atoms with Crippen LogP contribution in [0.15, 0.2) is 18.6 Å². The Kier molecular flexibility index (Phi) is 5.11. The van der Waals surface area contributed by atoms with E-state index in [1.165, 1.54) is 0 Å². The lowest BCUT2D eigenvalue weighted by Gasteiger charge is -2.27. The van der Waals surface area contributed by atoms with Gasteiger partial charge in [0.25, 0.3) is 5.91 Å². The zero-order chi connectivity index (χ0) is 17.1. The molecule has 0 aromatic carbocycles. The van der Waals surface area contributed by atoms with Crippen molar-refractivity contribution in [1.82, 2.24) is 24.8 Å². The molecule has 1 fully saturated rings. The second-order valence-corrected chi connectivity index (χ2v) is 6.36. The van der Waals surface area contributed by atoms with Crippen molar-refractivity contribution >= 4 is 17.5 Å². The van der Waals surface area contributed by atoms with E-state index in [1.807, 2.05) is 11.6 Å². The Bertz CT molecular complexity index is 725. The maximum Gasteiger partial charge on any atom is 0.289 e. The first kappa shape index (κ1) is 16.9. The van der Waals surface area contributed by atoms with E-state index >= 15 is 0 Å². The normalized spacial score (nSPS) is 20.8. The van der Waals surface area contributed by atoms with Crippen molar-refractivity contribution in [2.75, 3.05) is 7.11 Å². The predicted octanol–water partition coefficient (Wildman–Crippen LogP) is 2.22. The van der Waals surface area contributed by atoms with E-state index < -0.39 is 0 Å². The number of halogens is 1. The second-order valence-electron chi connectivity index (χ2n) is 5.97. The van der Waals surface area contributed by atoms with Crippen molar-refractivity contribution < 1.29 is 9.53 Å². The fraction of sp³-hybridized carbons (Fsp3) is 0.500. The smallest absolute Gasteiger partial charge is 0.289 e. The van der Waals surface area contributed by atoms with Gasteiger partial charge in [-0.1, -0.05) is 11.6 Å². The summed E-state index contributed by atoms with van der Waals surface area (Å²) in [5.74, 6) is -0.227. The maximum absolute atomic E-state index is 12.5. The van der Waals surface area contributed by atoms with Crippen molar-refractivity contribution in [2.24, 2.45) is 7.05 Å². The Morgan fingerprint density at radius 3 is 2.71 bits per heavy atom. The van der Waals surface area contributed by atoms with Crippen LogP contribution in [0, 0.1) is 0 Å². The van der Waals surface area contributed by atoms with Gasteiger partial charge in [0.15, 0.2) is 0 Å². The van der Waals surface area contributed by atoms with E-state index in [9.17, 15) is 4.79 Å². The first-order valence-corrected chi connectivity index (χ1v) is 8.29. The van der Waals surface area contributed by atoms with Gasteiger partial charge in [0.05, 0.1) is 30.0 Å². The molecular weight excluding hydrogens is 330 g/mol. The predicted molar refractivity (Wildman–Crippen MR) is 89.8 cm³/mol. The minimum Gasteiger partial charge on any atom is -0.381 e. The summed E-state index contributed by atoms with van der Waals surface area (Å²) < 4.78 is 7.16. The fourth-order valence-electron chi connectivity index (χ4n) is 2.95. The van der Waals surface area contributed by atoms with Crippen LogP contribution in [0.5, 0.6) is 0 Å². The van der Waals surface area contributed by atoms with Crippen LogP contribution in [0.4, 0.5) is 0 Å². The highest BCUT2D eigenvalue weighted by Crippen LogP contribution is 2.22. The summed E-state index contributed by atoms with van der Waals surface area (Å²) in [4.78, 5) is 24.9. The van der Waals surface area contributed by atoms with Gasteiger partial charge < -0.3 is 14.6 Å². The number of hydrogen-bond acceptors (Lipinski definition) is 5. The number of amides is 1. The third-order valence-electron chi connectivity index (χ3n) is 4.32. The summed E-state index contributed by atoms with van der Waals surface area (Å²) in [7, 11) is 3.58. The zero-order valence-electron chi connectivity index (χ0n) is 13.7. The second kappa shape index (κ2) is 7.27. The number of rotatable bonds is 4. The average molecular weight is 350 g/mol. The summed E-state index contributed by atoms with van der Waals surface area (Å²) in [5, 5.41) is 3.22. The minimum atomic E-state index is -0.304. The molecule has 0 bridgehead atoms. The highest BCUT2D eigenvalue weighted by molar-refractivity contribution is 6.29. The molecule has 24 heavy (non-hydrogen) atoms. The van der Waals surface area contributed by atoms with Gasteiger partial charge in [-0.2, -0.15) is 0 Å². The van der Waals surface area contributed by atoms with Crippen LogP contribution in [0.25, 0.3) is 11.4 Å². The highest BCUT2D eigenvalue weighted by Gasteiger charge is 2.24. The van der Waals surface area contributed by atoms with Gasteiger partial charge in [-0.15, -0.1) is 0 Å². The summed E-state index contributed by atoms with van der Waals surface area (Å²) in [6.07, 6.45) is 7.29. The Morgan fingerprint density at radius 1 is 1.33 bits per heavy atom. The van der Waals surface area contributed by atoms with Crippen LogP contribution in [-0.4, -0.2) is 44.7 Å². The molecule has 7 nitrogen and oxygen atoms in total. The first-order valence-electron chi connectivity index (χ1n) is 7.91. The summed E-state index contributed by atoms with van der Waals surface area (Å²) >= 11 is 6.07. The van der Waals surface area contributed by atoms with E-state index in [-0.39, 0.29) is 29.0 Å². The maximum atomic E-state index is 12.5. The molecule has 0 atom stereocenters. The molecule has 0 spiro atoms. The molecule has 0 aliphatic heterocycles. The molecular formula is C16H20ClN5O2. The van der Waals surface area contributed by atoms with Crippen LogP contribution in [0.1, 0.15) is 36.3 Å². The van der Waals surface area contributed by atoms with Gasteiger partial charge in [0.1, 0.15) is 5.15 Å². The Labute approximate surface area is 145 Å². The lowest BCUT2D eigenvalue weighted by molar-refractivity contribution is 0.0597. The Hall–Kier alpha value is -1.99. The van der Waals surface area contributed by atoms with Gasteiger partial charge >= 0.3 is 0 Å². The van der Waals surface area contributed by atoms with Crippen molar-refractivity contribution in [3.63, 3.8) is 0 Å².